The van der Waals surface area contributed by atoms with E-state index < -0.39 is 7.82 Å². The lowest BCUT2D eigenvalue weighted by Crippen LogP contribution is -1.97. The van der Waals surface area contributed by atoms with Gasteiger partial charge in [-0.15, -0.1) is 9.35 Å². The van der Waals surface area contributed by atoms with Crippen LogP contribution in [0.15, 0.2) is 0 Å². The summed E-state index contributed by atoms with van der Waals surface area (Å²) in [6, 6.07) is 0. The molecule has 0 radical (unpaired) electrons. The molecular weight excluding hydrogens is 319 g/mol. The molecule has 23 heavy (non-hydrogen) atoms. The summed E-state index contributed by atoms with van der Waals surface area (Å²) in [4.78, 5) is 0. The highest BCUT2D eigenvalue weighted by atomic mass is 31.2. The molecule has 0 saturated heterocycles. The van der Waals surface area contributed by atoms with Gasteiger partial charge in [0, 0.05) is 0 Å². The Labute approximate surface area is 141 Å². The summed E-state index contributed by atoms with van der Waals surface area (Å²) < 4.78 is 22.7. The van der Waals surface area contributed by atoms with Crippen LogP contribution in [0.4, 0.5) is 0 Å². The first-order chi connectivity index (χ1) is 11.2. The van der Waals surface area contributed by atoms with Crippen LogP contribution in [0, 0.1) is 0 Å². The minimum atomic E-state index is -4.16. The standard InChI is InChI=1S/C16H35O6P/c1-2-3-4-5-6-7-8-9-10-11-12-13-14-15-16-20-23(19,21-17)22-18/h17-18H,2-16H2,1H3. The molecule has 0 fully saturated rings. The van der Waals surface area contributed by atoms with Gasteiger partial charge in [-0.3, -0.25) is 4.52 Å². The maximum Gasteiger partial charge on any atom is 0.529 e. The molecule has 7 heteroatoms. The normalized spacial score (nSPS) is 12.0. The fourth-order valence-electron chi connectivity index (χ4n) is 2.54. The number of phosphoric acid groups is 1. The van der Waals surface area contributed by atoms with Gasteiger partial charge in [-0.05, 0) is 6.42 Å². The maximum absolute atomic E-state index is 11.1. The molecule has 0 aromatic heterocycles. The van der Waals surface area contributed by atoms with Gasteiger partial charge in [0.05, 0.1) is 6.61 Å². The molecular formula is C16H35O6P. The average Bonchev–Trinajstić information content (AvgIpc) is 2.58. The number of hydrogen-bond donors (Lipinski definition) is 2. The number of rotatable bonds is 18. The van der Waals surface area contributed by atoms with Crippen molar-refractivity contribution >= 4 is 7.82 Å². The average molecular weight is 354 g/mol. The lowest BCUT2D eigenvalue weighted by Gasteiger charge is -2.09. The Morgan fingerprint density at radius 3 is 1.35 bits per heavy atom. The Morgan fingerprint density at radius 1 is 0.652 bits per heavy atom. The van der Waals surface area contributed by atoms with E-state index in [0.717, 1.165) is 12.8 Å². The van der Waals surface area contributed by atoms with E-state index in [1.807, 2.05) is 0 Å². The van der Waals surface area contributed by atoms with Crippen molar-refractivity contribution in [3.05, 3.63) is 0 Å². The topological polar surface area (TPSA) is 85.2 Å². The molecule has 0 amide bonds. The van der Waals surface area contributed by atoms with Crippen LogP contribution in [0.5, 0.6) is 0 Å². The SMILES string of the molecule is CCCCCCCCCCCCCCCCOP(=O)(OO)OO. The number of hydrogen-bond acceptors (Lipinski definition) is 6. The molecule has 0 aromatic rings. The van der Waals surface area contributed by atoms with Gasteiger partial charge in [0.2, 0.25) is 0 Å². The van der Waals surface area contributed by atoms with E-state index in [4.69, 9.17) is 10.5 Å². The largest absolute Gasteiger partial charge is 0.529 e. The first-order valence-corrected chi connectivity index (χ1v) is 10.6. The third-order valence-corrected chi connectivity index (χ3v) is 4.85. The van der Waals surface area contributed by atoms with Crippen molar-refractivity contribution in [2.75, 3.05) is 6.61 Å². The summed E-state index contributed by atoms with van der Waals surface area (Å²) in [7, 11) is -4.16. The zero-order valence-electron chi connectivity index (χ0n) is 14.6. The highest BCUT2D eigenvalue weighted by Gasteiger charge is 2.26. The molecule has 0 aromatic carbocycles. The van der Waals surface area contributed by atoms with Crippen LogP contribution in [0.2, 0.25) is 0 Å². The summed E-state index contributed by atoms with van der Waals surface area (Å²) >= 11 is 0. The summed E-state index contributed by atoms with van der Waals surface area (Å²) in [6.07, 6.45) is 17.4. The van der Waals surface area contributed by atoms with Crippen LogP contribution in [-0.2, 0) is 18.4 Å². The first kappa shape index (κ1) is 23.0. The van der Waals surface area contributed by atoms with E-state index in [9.17, 15) is 4.57 Å². The third-order valence-electron chi connectivity index (χ3n) is 3.95. The molecule has 0 bridgehead atoms. The smallest absolute Gasteiger partial charge is 0.284 e. The second kappa shape index (κ2) is 16.9. The monoisotopic (exact) mass is 354 g/mol. The summed E-state index contributed by atoms with van der Waals surface area (Å²) in [5.74, 6) is 0. The number of unbranched alkanes of at least 4 members (excludes halogenated alkanes) is 13. The molecule has 6 nitrogen and oxygen atoms in total. The molecule has 0 spiro atoms. The summed E-state index contributed by atoms with van der Waals surface area (Å²) in [5, 5.41) is 16.5. The quantitative estimate of drug-likeness (QED) is 0.125. The molecule has 0 heterocycles. The Morgan fingerprint density at radius 2 is 1.00 bits per heavy atom. The van der Waals surface area contributed by atoms with Crippen LogP contribution in [0.25, 0.3) is 0 Å². The highest BCUT2D eigenvalue weighted by molar-refractivity contribution is 7.48. The minimum Gasteiger partial charge on any atom is -0.284 e. The van der Waals surface area contributed by atoms with Gasteiger partial charge in [-0.25, -0.2) is 15.1 Å². The molecule has 140 valence electrons. The van der Waals surface area contributed by atoms with E-state index in [2.05, 4.69) is 20.8 Å². The zero-order valence-corrected chi connectivity index (χ0v) is 15.5. The minimum absolute atomic E-state index is 0.121. The van der Waals surface area contributed by atoms with Gasteiger partial charge in [-0.1, -0.05) is 90.4 Å². The van der Waals surface area contributed by atoms with Crippen molar-refractivity contribution in [3.8, 4) is 0 Å². The van der Waals surface area contributed by atoms with Crippen LogP contribution >= 0.6 is 7.82 Å². The van der Waals surface area contributed by atoms with E-state index in [1.54, 1.807) is 0 Å². The summed E-state index contributed by atoms with van der Waals surface area (Å²) in [5.41, 5.74) is 0. The van der Waals surface area contributed by atoms with Crippen molar-refractivity contribution in [2.24, 2.45) is 0 Å². The van der Waals surface area contributed by atoms with E-state index in [0.29, 0.717) is 6.42 Å². The molecule has 0 rings (SSSR count). The van der Waals surface area contributed by atoms with Crippen LogP contribution in [-0.4, -0.2) is 17.1 Å². The van der Waals surface area contributed by atoms with E-state index in [-0.39, 0.29) is 6.61 Å². The van der Waals surface area contributed by atoms with Crippen LogP contribution in [0.3, 0.4) is 0 Å². The third kappa shape index (κ3) is 15.3. The van der Waals surface area contributed by atoms with E-state index in [1.165, 1.54) is 70.6 Å². The lowest BCUT2D eigenvalue weighted by molar-refractivity contribution is -0.228. The highest BCUT2D eigenvalue weighted by Crippen LogP contribution is 2.47. The van der Waals surface area contributed by atoms with Gasteiger partial charge in [0.1, 0.15) is 0 Å². The van der Waals surface area contributed by atoms with Crippen molar-refractivity contribution in [1.82, 2.24) is 0 Å². The molecule has 0 aliphatic heterocycles. The molecule has 0 aliphatic carbocycles. The molecule has 0 atom stereocenters. The Balaban J connectivity index is 3.15. The van der Waals surface area contributed by atoms with Crippen LogP contribution in [0.1, 0.15) is 96.8 Å². The second-order valence-corrected chi connectivity index (χ2v) is 7.52. The van der Waals surface area contributed by atoms with Crippen molar-refractivity contribution in [3.63, 3.8) is 0 Å². The predicted molar refractivity (Wildman–Crippen MR) is 91.3 cm³/mol. The van der Waals surface area contributed by atoms with Crippen molar-refractivity contribution in [1.29, 1.82) is 0 Å². The predicted octanol–water partition coefficient (Wildman–Crippen LogP) is 6.57. The lowest BCUT2D eigenvalue weighted by atomic mass is 10.0. The van der Waals surface area contributed by atoms with Gasteiger partial charge in [-0.2, -0.15) is 0 Å². The fourth-order valence-corrected chi connectivity index (χ4v) is 3.01. The van der Waals surface area contributed by atoms with Crippen molar-refractivity contribution < 1.29 is 29.0 Å². The molecule has 0 saturated carbocycles. The Hall–Kier alpha value is 0.0300. The Kier molecular flexibility index (Phi) is 16.9. The van der Waals surface area contributed by atoms with Crippen LogP contribution < -0.4 is 0 Å². The molecule has 0 unspecified atom stereocenters. The maximum atomic E-state index is 11.1. The second-order valence-electron chi connectivity index (χ2n) is 6.04. The zero-order chi connectivity index (χ0) is 17.2. The fraction of sp³-hybridized carbons (Fsp3) is 1.00. The molecule has 2 N–H and O–H groups in total. The van der Waals surface area contributed by atoms with Gasteiger partial charge < -0.3 is 0 Å². The van der Waals surface area contributed by atoms with Gasteiger partial charge in [0.25, 0.3) is 0 Å². The van der Waals surface area contributed by atoms with Gasteiger partial charge >= 0.3 is 7.82 Å². The summed E-state index contributed by atoms with van der Waals surface area (Å²) in [6.45, 7) is 2.37. The van der Waals surface area contributed by atoms with E-state index >= 15 is 0 Å². The Bertz CT molecular complexity index is 280. The van der Waals surface area contributed by atoms with Gasteiger partial charge in [0.15, 0.2) is 0 Å². The first-order valence-electron chi connectivity index (χ1n) is 9.09. The van der Waals surface area contributed by atoms with Crippen molar-refractivity contribution in [2.45, 2.75) is 96.8 Å². The molecule has 0 aliphatic rings.